The molecule has 1 aromatic heterocycles. The van der Waals surface area contributed by atoms with Crippen LogP contribution >= 0.6 is 0 Å². The maximum Gasteiger partial charge on any atom is 0.220 e. The average Bonchev–Trinajstić information content (AvgIpc) is 2.83. The SMILES string of the molecule is COCCCNc1c(S(C)(=O)=O)ccc(C(=O)c2c(C)nn(C)c2O)c1C. The van der Waals surface area contributed by atoms with Gasteiger partial charge in [0.05, 0.1) is 16.3 Å². The highest BCUT2D eigenvalue weighted by molar-refractivity contribution is 7.90. The third-order valence-electron chi connectivity index (χ3n) is 4.32. The van der Waals surface area contributed by atoms with Gasteiger partial charge in [-0.25, -0.2) is 13.1 Å². The molecule has 9 heteroatoms. The van der Waals surface area contributed by atoms with Crippen molar-refractivity contribution < 1.29 is 23.1 Å². The van der Waals surface area contributed by atoms with Crippen molar-refractivity contribution in [1.82, 2.24) is 9.78 Å². The number of nitrogens with one attached hydrogen (secondary N) is 1. The molecule has 0 aliphatic carbocycles. The topological polar surface area (TPSA) is 111 Å². The number of ketones is 1. The first-order valence-electron chi connectivity index (χ1n) is 8.43. The summed E-state index contributed by atoms with van der Waals surface area (Å²) in [5, 5.41) is 17.3. The molecule has 27 heavy (non-hydrogen) atoms. The van der Waals surface area contributed by atoms with Crippen molar-refractivity contribution in [2.45, 2.75) is 25.2 Å². The molecule has 0 atom stereocenters. The lowest BCUT2D eigenvalue weighted by Crippen LogP contribution is -2.14. The Labute approximate surface area is 159 Å². The Morgan fingerprint density at radius 3 is 2.52 bits per heavy atom. The van der Waals surface area contributed by atoms with Gasteiger partial charge in [0.15, 0.2) is 9.84 Å². The van der Waals surface area contributed by atoms with Gasteiger partial charge in [-0.1, -0.05) is 0 Å². The molecule has 2 rings (SSSR count). The number of hydrogen-bond acceptors (Lipinski definition) is 7. The molecule has 0 fully saturated rings. The van der Waals surface area contributed by atoms with Crippen LogP contribution in [-0.4, -0.2) is 55.6 Å². The molecule has 148 valence electrons. The molecule has 2 aromatic rings. The van der Waals surface area contributed by atoms with E-state index in [0.717, 1.165) is 6.26 Å². The van der Waals surface area contributed by atoms with Crippen LogP contribution in [0.25, 0.3) is 0 Å². The number of carbonyl (C=O) groups is 1. The van der Waals surface area contributed by atoms with Crippen molar-refractivity contribution in [2.75, 3.05) is 31.8 Å². The highest BCUT2D eigenvalue weighted by Gasteiger charge is 2.25. The molecule has 2 N–H and O–H groups in total. The summed E-state index contributed by atoms with van der Waals surface area (Å²) in [5.74, 6) is -0.630. The van der Waals surface area contributed by atoms with Gasteiger partial charge in [-0.05, 0) is 38.0 Å². The van der Waals surface area contributed by atoms with Crippen molar-refractivity contribution in [2.24, 2.45) is 7.05 Å². The van der Waals surface area contributed by atoms with Gasteiger partial charge >= 0.3 is 0 Å². The first-order chi connectivity index (χ1) is 12.6. The average molecular weight is 395 g/mol. The second-order valence-electron chi connectivity index (χ2n) is 6.39. The summed E-state index contributed by atoms with van der Waals surface area (Å²) >= 11 is 0. The van der Waals surface area contributed by atoms with E-state index >= 15 is 0 Å². The van der Waals surface area contributed by atoms with Crippen molar-refractivity contribution in [3.8, 4) is 5.88 Å². The number of methoxy groups -OCH3 is 1. The van der Waals surface area contributed by atoms with Gasteiger partial charge in [-0.15, -0.1) is 0 Å². The summed E-state index contributed by atoms with van der Waals surface area (Å²) in [7, 11) is -0.353. The molecule has 0 aliphatic rings. The highest BCUT2D eigenvalue weighted by Crippen LogP contribution is 2.31. The normalized spacial score (nSPS) is 11.6. The number of anilines is 1. The monoisotopic (exact) mass is 395 g/mol. The number of nitrogens with zero attached hydrogens (tertiary/aromatic N) is 2. The van der Waals surface area contributed by atoms with Gasteiger partial charge in [-0.3, -0.25) is 4.79 Å². The zero-order chi connectivity index (χ0) is 20.4. The van der Waals surface area contributed by atoms with E-state index in [-0.39, 0.29) is 16.3 Å². The Morgan fingerprint density at radius 1 is 1.33 bits per heavy atom. The number of aryl methyl sites for hydroxylation is 2. The predicted octanol–water partition coefficient (Wildman–Crippen LogP) is 1.83. The molecule has 8 nitrogen and oxygen atoms in total. The summed E-state index contributed by atoms with van der Waals surface area (Å²) in [5.41, 5.74) is 1.71. The molecule has 0 amide bonds. The van der Waals surface area contributed by atoms with Gasteiger partial charge in [0, 0.05) is 39.1 Å². The summed E-state index contributed by atoms with van der Waals surface area (Å²) in [6, 6.07) is 2.89. The number of carbonyl (C=O) groups excluding carboxylic acids is 1. The molecule has 0 saturated heterocycles. The zero-order valence-electron chi connectivity index (χ0n) is 16.2. The fourth-order valence-electron chi connectivity index (χ4n) is 2.94. The molecule has 0 aliphatic heterocycles. The lowest BCUT2D eigenvalue weighted by Gasteiger charge is -2.17. The molecule has 1 heterocycles. The maximum atomic E-state index is 13.0. The van der Waals surface area contributed by atoms with E-state index < -0.39 is 15.6 Å². The molecular formula is C18H25N3O5S. The largest absolute Gasteiger partial charge is 0.493 e. The Hall–Kier alpha value is -2.39. The van der Waals surface area contributed by atoms with Crippen molar-refractivity contribution in [3.05, 3.63) is 34.5 Å². The van der Waals surface area contributed by atoms with Gasteiger partial charge in [0.2, 0.25) is 11.7 Å². The van der Waals surface area contributed by atoms with Crippen LogP contribution in [0.4, 0.5) is 5.69 Å². The highest BCUT2D eigenvalue weighted by atomic mass is 32.2. The van der Waals surface area contributed by atoms with E-state index in [2.05, 4.69) is 10.4 Å². The van der Waals surface area contributed by atoms with Crippen LogP contribution < -0.4 is 5.32 Å². The molecular weight excluding hydrogens is 370 g/mol. The summed E-state index contributed by atoms with van der Waals surface area (Å²) in [4.78, 5) is 13.1. The third-order valence-corrected chi connectivity index (χ3v) is 5.46. The van der Waals surface area contributed by atoms with E-state index in [4.69, 9.17) is 4.74 Å². The van der Waals surface area contributed by atoms with Crippen LogP contribution in [0.15, 0.2) is 17.0 Å². The fraction of sp³-hybridized carbons (Fsp3) is 0.444. The molecule has 0 bridgehead atoms. The quantitative estimate of drug-likeness (QED) is 0.518. The molecule has 1 aromatic carbocycles. The number of sulfone groups is 1. The van der Waals surface area contributed by atoms with Crippen molar-refractivity contribution in [3.63, 3.8) is 0 Å². The Morgan fingerprint density at radius 2 is 2.00 bits per heavy atom. The fourth-order valence-corrected chi connectivity index (χ4v) is 3.85. The summed E-state index contributed by atoms with van der Waals surface area (Å²) in [6.45, 7) is 4.34. The third kappa shape index (κ3) is 4.30. The van der Waals surface area contributed by atoms with Crippen LogP contribution in [0.1, 0.15) is 33.6 Å². The van der Waals surface area contributed by atoms with Crippen LogP contribution in [0.2, 0.25) is 0 Å². The zero-order valence-corrected chi connectivity index (χ0v) is 17.0. The van der Waals surface area contributed by atoms with Gasteiger partial charge < -0.3 is 15.2 Å². The number of hydrogen-bond donors (Lipinski definition) is 2. The van der Waals surface area contributed by atoms with Crippen LogP contribution in [-0.2, 0) is 21.6 Å². The lowest BCUT2D eigenvalue weighted by atomic mass is 9.98. The molecule has 0 saturated carbocycles. The minimum absolute atomic E-state index is 0.109. The summed E-state index contributed by atoms with van der Waals surface area (Å²) in [6.07, 6.45) is 1.81. The molecule has 0 spiro atoms. The standard InChI is InChI=1S/C18H25N3O5S/c1-11-13(17(22)15-12(2)20-21(3)18(15)23)7-8-14(27(5,24)25)16(11)19-9-6-10-26-4/h7-8,19,23H,6,9-10H2,1-5H3. The first kappa shape index (κ1) is 20.9. The predicted molar refractivity (Wildman–Crippen MR) is 102 cm³/mol. The van der Waals surface area contributed by atoms with Crippen LogP contribution in [0.3, 0.4) is 0 Å². The van der Waals surface area contributed by atoms with Crippen LogP contribution in [0, 0.1) is 13.8 Å². The maximum absolute atomic E-state index is 13.0. The van der Waals surface area contributed by atoms with E-state index in [1.165, 1.54) is 16.8 Å². The Bertz CT molecular complexity index is 964. The minimum atomic E-state index is -3.49. The number of aromatic nitrogens is 2. The Kier molecular flexibility index (Phi) is 6.27. The van der Waals surface area contributed by atoms with E-state index in [9.17, 15) is 18.3 Å². The van der Waals surface area contributed by atoms with E-state index in [0.29, 0.717) is 42.1 Å². The van der Waals surface area contributed by atoms with E-state index in [1.807, 2.05) is 0 Å². The van der Waals surface area contributed by atoms with Gasteiger partial charge in [0.1, 0.15) is 5.56 Å². The van der Waals surface area contributed by atoms with Crippen molar-refractivity contribution in [1.29, 1.82) is 0 Å². The number of ether oxygens (including phenoxy) is 1. The minimum Gasteiger partial charge on any atom is -0.493 e. The Balaban J connectivity index is 2.53. The number of aromatic hydroxyl groups is 1. The van der Waals surface area contributed by atoms with Crippen LogP contribution in [0.5, 0.6) is 5.88 Å². The van der Waals surface area contributed by atoms with Gasteiger partial charge in [-0.2, -0.15) is 5.10 Å². The second kappa shape index (κ2) is 8.10. The number of benzene rings is 1. The second-order valence-corrected chi connectivity index (χ2v) is 8.38. The first-order valence-corrected chi connectivity index (χ1v) is 10.3. The van der Waals surface area contributed by atoms with Gasteiger partial charge in [0.25, 0.3) is 0 Å². The smallest absolute Gasteiger partial charge is 0.220 e. The van der Waals surface area contributed by atoms with E-state index in [1.54, 1.807) is 28.0 Å². The lowest BCUT2D eigenvalue weighted by molar-refractivity contribution is 0.103. The molecule has 0 radical (unpaired) electrons. The van der Waals surface area contributed by atoms with Crippen molar-refractivity contribution >= 4 is 21.3 Å². The number of rotatable bonds is 8. The summed E-state index contributed by atoms with van der Waals surface area (Å²) < 4.78 is 30.5. The molecule has 0 unspecified atom stereocenters.